The van der Waals surface area contributed by atoms with Crippen LogP contribution in [0.15, 0.2) is 48.8 Å². The second kappa shape index (κ2) is 9.13. The maximum absolute atomic E-state index is 13.1. The number of anilines is 2. The average Bonchev–Trinajstić information content (AvgIpc) is 3.19. The van der Waals surface area contributed by atoms with Crippen LogP contribution in [0.5, 0.6) is 11.5 Å². The van der Waals surface area contributed by atoms with Crippen LogP contribution in [0.25, 0.3) is 21.5 Å². The summed E-state index contributed by atoms with van der Waals surface area (Å²) in [7, 11) is 4.15. The summed E-state index contributed by atoms with van der Waals surface area (Å²) in [5, 5.41) is 3.41. The van der Waals surface area contributed by atoms with Crippen LogP contribution in [0.4, 0.5) is 11.4 Å². The molecule has 0 aliphatic rings. The lowest BCUT2D eigenvalue weighted by Crippen LogP contribution is -2.16. The molecule has 0 aliphatic carbocycles. The molecule has 0 aliphatic heterocycles. The van der Waals surface area contributed by atoms with E-state index < -0.39 is 11.9 Å². The molecule has 4 aromatic rings. The van der Waals surface area contributed by atoms with Crippen molar-refractivity contribution < 1.29 is 23.8 Å². The number of rotatable bonds is 6. The first-order valence-electron chi connectivity index (χ1n) is 9.72. The van der Waals surface area contributed by atoms with Crippen molar-refractivity contribution in [3.8, 4) is 22.8 Å². The van der Waals surface area contributed by atoms with Gasteiger partial charge in [0.15, 0.2) is 11.5 Å². The summed E-state index contributed by atoms with van der Waals surface area (Å²) in [6.45, 7) is 0. The Labute approximate surface area is 193 Å². The van der Waals surface area contributed by atoms with Gasteiger partial charge in [-0.2, -0.15) is 0 Å². The monoisotopic (exact) mass is 464 g/mol. The summed E-state index contributed by atoms with van der Waals surface area (Å²) in [5.74, 6) is -0.462. The summed E-state index contributed by atoms with van der Waals surface area (Å²) < 4.78 is 15.4. The lowest BCUT2D eigenvalue weighted by Gasteiger charge is -2.14. The molecule has 3 heterocycles. The van der Waals surface area contributed by atoms with Crippen molar-refractivity contribution in [1.29, 1.82) is 0 Å². The number of nitrogens with one attached hydrogen (secondary N) is 1. The summed E-state index contributed by atoms with van der Waals surface area (Å²) in [6.07, 6.45) is 3.37. The number of ether oxygens (including phenoxy) is 3. The SMILES string of the molecule is COC(=O)c1cc(OC)c(OC)cc1NC(=O)c1sc2nc(-c3ccncc3)ccc2c1N. The van der Waals surface area contributed by atoms with Gasteiger partial charge in [0.25, 0.3) is 5.91 Å². The first-order valence-corrected chi connectivity index (χ1v) is 10.5. The van der Waals surface area contributed by atoms with Gasteiger partial charge in [-0.1, -0.05) is 0 Å². The maximum Gasteiger partial charge on any atom is 0.340 e. The first-order chi connectivity index (χ1) is 16.0. The molecule has 4 rings (SSSR count). The number of nitrogen functional groups attached to an aromatic ring is 1. The van der Waals surface area contributed by atoms with E-state index in [0.717, 1.165) is 22.6 Å². The van der Waals surface area contributed by atoms with E-state index in [0.29, 0.717) is 27.4 Å². The minimum atomic E-state index is -0.640. The number of hydrogen-bond acceptors (Lipinski definition) is 9. The van der Waals surface area contributed by atoms with E-state index in [-0.39, 0.29) is 16.1 Å². The summed E-state index contributed by atoms with van der Waals surface area (Å²) in [6, 6.07) is 10.3. The predicted octanol–water partition coefficient (Wildman–Crippen LogP) is 4.00. The van der Waals surface area contributed by atoms with E-state index in [2.05, 4.69) is 15.3 Å². The number of hydrogen-bond donors (Lipinski definition) is 2. The van der Waals surface area contributed by atoms with Crippen LogP contribution in [0.1, 0.15) is 20.0 Å². The second-order valence-corrected chi connectivity index (χ2v) is 7.83. The molecule has 0 bridgehead atoms. The second-order valence-electron chi connectivity index (χ2n) is 6.83. The fraction of sp³-hybridized carbons (Fsp3) is 0.130. The van der Waals surface area contributed by atoms with E-state index in [1.54, 1.807) is 12.4 Å². The van der Waals surface area contributed by atoms with E-state index in [4.69, 9.17) is 19.9 Å². The van der Waals surface area contributed by atoms with E-state index in [1.165, 1.54) is 33.5 Å². The molecular formula is C23H20N4O5S. The van der Waals surface area contributed by atoms with Gasteiger partial charge in [-0.3, -0.25) is 9.78 Å². The molecule has 3 aromatic heterocycles. The molecule has 10 heteroatoms. The van der Waals surface area contributed by atoms with Crippen molar-refractivity contribution in [3.63, 3.8) is 0 Å². The number of thiophene rings is 1. The Hall–Kier alpha value is -4.18. The van der Waals surface area contributed by atoms with Crippen LogP contribution >= 0.6 is 11.3 Å². The first kappa shape index (κ1) is 22.0. The zero-order chi connectivity index (χ0) is 23.5. The zero-order valence-corrected chi connectivity index (χ0v) is 18.9. The highest BCUT2D eigenvalue weighted by molar-refractivity contribution is 7.21. The third-order valence-electron chi connectivity index (χ3n) is 4.95. The normalized spacial score (nSPS) is 10.6. The van der Waals surface area contributed by atoms with Crippen LogP contribution < -0.4 is 20.5 Å². The van der Waals surface area contributed by atoms with E-state index >= 15 is 0 Å². The van der Waals surface area contributed by atoms with Crippen molar-refractivity contribution in [2.75, 3.05) is 32.4 Å². The van der Waals surface area contributed by atoms with Crippen molar-refractivity contribution in [2.24, 2.45) is 0 Å². The number of benzene rings is 1. The molecule has 33 heavy (non-hydrogen) atoms. The molecule has 3 N–H and O–H groups in total. The Kier molecular flexibility index (Phi) is 6.09. The Morgan fingerprint density at radius 2 is 1.70 bits per heavy atom. The van der Waals surface area contributed by atoms with Crippen molar-refractivity contribution in [2.45, 2.75) is 0 Å². The van der Waals surface area contributed by atoms with E-state index in [9.17, 15) is 9.59 Å². The molecule has 0 saturated heterocycles. The number of nitrogens with two attached hydrogens (primary N) is 1. The Morgan fingerprint density at radius 1 is 1.00 bits per heavy atom. The van der Waals surface area contributed by atoms with Gasteiger partial charge in [0, 0.05) is 35.5 Å². The molecular weight excluding hydrogens is 444 g/mol. The fourth-order valence-electron chi connectivity index (χ4n) is 3.29. The third kappa shape index (κ3) is 4.15. The van der Waals surface area contributed by atoms with Gasteiger partial charge in [0.05, 0.1) is 44.0 Å². The van der Waals surface area contributed by atoms with E-state index in [1.807, 2.05) is 24.3 Å². The summed E-state index contributed by atoms with van der Waals surface area (Å²) >= 11 is 1.16. The predicted molar refractivity (Wildman–Crippen MR) is 126 cm³/mol. The fourth-order valence-corrected chi connectivity index (χ4v) is 4.28. The number of aromatic nitrogens is 2. The molecule has 1 aromatic carbocycles. The lowest BCUT2D eigenvalue weighted by atomic mass is 10.1. The zero-order valence-electron chi connectivity index (χ0n) is 18.0. The number of amides is 1. The molecule has 0 radical (unpaired) electrons. The van der Waals surface area contributed by atoms with Crippen molar-refractivity contribution in [3.05, 3.63) is 59.2 Å². The molecule has 1 amide bonds. The quantitative estimate of drug-likeness (QED) is 0.410. The number of nitrogens with zero attached hydrogens (tertiary/aromatic N) is 2. The molecule has 0 fully saturated rings. The smallest absolute Gasteiger partial charge is 0.340 e. The van der Waals surface area contributed by atoms with Gasteiger partial charge < -0.3 is 25.3 Å². The van der Waals surface area contributed by atoms with Gasteiger partial charge in [-0.05, 0) is 24.3 Å². The molecule has 0 atom stereocenters. The van der Waals surface area contributed by atoms with Gasteiger partial charge >= 0.3 is 5.97 Å². The molecule has 0 saturated carbocycles. The maximum atomic E-state index is 13.1. The highest BCUT2D eigenvalue weighted by Gasteiger charge is 2.23. The number of fused-ring (bicyclic) bond motifs is 1. The minimum absolute atomic E-state index is 0.112. The third-order valence-corrected chi connectivity index (χ3v) is 6.07. The Morgan fingerprint density at radius 3 is 2.36 bits per heavy atom. The van der Waals surface area contributed by atoms with Crippen molar-refractivity contribution >= 4 is 44.8 Å². The Bertz CT molecular complexity index is 1350. The van der Waals surface area contributed by atoms with Gasteiger partial charge in [-0.25, -0.2) is 9.78 Å². The number of carbonyl (C=O) groups is 2. The Balaban J connectivity index is 1.72. The van der Waals surface area contributed by atoms with Gasteiger partial charge in [0.2, 0.25) is 0 Å². The largest absolute Gasteiger partial charge is 0.493 e. The highest BCUT2D eigenvalue weighted by Crippen LogP contribution is 2.37. The van der Waals surface area contributed by atoms with Gasteiger partial charge in [0.1, 0.15) is 9.71 Å². The minimum Gasteiger partial charge on any atom is -0.493 e. The number of esters is 1. The molecule has 0 spiro atoms. The summed E-state index contributed by atoms with van der Waals surface area (Å²) in [4.78, 5) is 35.0. The lowest BCUT2D eigenvalue weighted by molar-refractivity contribution is 0.0601. The molecule has 9 nitrogen and oxygen atoms in total. The van der Waals surface area contributed by atoms with Crippen LogP contribution in [0, 0.1) is 0 Å². The topological polar surface area (TPSA) is 126 Å². The van der Waals surface area contributed by atoms with Crippen LogP contribution in [0.3, 0.4) is 0 Å². The molecule has 0 unspecified atom stereocenters. The van der Waals surface area contributed by atoms with Crippen LogP contribution in [-0.4, -0.2) is 43.2 Å². The van der Waals surface area contributed by atoms with Crippen LogP contribution in [0.2, 0.25) is 0 Å². The highest BCUT2D eigenvalue weighted by atomic mass is 32.1. The standard InChI is InChI=1S/C23H20N4O5S/c1-30-17-10-14(23(29)32-3)16(11-18(17)31-2)26-21(28)20-19(24)13-4-5-15(27-22(13)33-20)12-6-8-25-9-7-12/h4-11H,24H2,1-3H3,(H,26,28). The van der Waals surface area contributed by atoms with Gasteiger partial charge in [-0.15, -0.1) is 11.3 Å². The summed E-state index contributed by atoms with van der Waals surface area (Å²) in [5.41, 5.74) is 8.53. The number of methoxy groups -OCH3 is 3. The molecule has 168 valence electrons. The number of pyridine rings is 2. The average molecular weight is 465 g/mol. The van der Waals surface area contributed by atoms with Crippen LogP contribution in [-0.2, 0) is 4.74 Å². The number of carbonyl (C=O) groups excluding carboxylic acids is 2. The van der Waals surface area contributed by atoms with Crippen molar-refractivity contribution in [1.82, 2.24) is 9.97 Å².